The van der Waals surface area contributed by atoms with E-state index >= 15 is 0 Å². The molecule has 0 spiro atoms. The Bertz CT molecular complexity index is 702. The van der Waals surface area contributed by atoms with Crippen LogP contribution in [0.5, 0.6) is 0 Å². The zero-order valence-corrected chi connectivity index (χ0v) is 14.8. The number of benzene rings is 1. The van der Waals surface area contributed by atoms with Gasteiger partial charge in [0.1, 0.15) is 5.82 Å². The second kappa shape index (κ2) is 8.19. The number of hydrogen-bond acceptors (Lipinski definition) is 3. The number of anilines is 1. The van der Waals surface area contributed by atoms with Crippen LogP contribution in [-0.4, -0.2) is 26.7 Å². The largest absolute Gasteiger partial charge is 0.481 e. The zero-order valence-electron chi connectivity index (χ0n) is 14.8. The van der Waals surface area contributed by atoms with Crippen LogP contribution >= 0.6 is 0 Å². The Balaban J connectivity index is 1.66. The SMILES string of the molecule is CCCCn1ccnc1-c1cccc(NC2CCC(C(=O)O)CC2)c1. The molecule has 1 saturated carbocycles. The average Bonchev–Trinajstić information content (AvgIpc) is 3.09. The van der Waals surface area contributed by atoms with Gasteiger partial charge in [0, 0.05) is 36.2 Å². The number of carboxylic acid groups (broad SMARTS) is 1. The van der Waals surface area contributed by atoms with E-state index in [9.17, 15) is 4.79 Å². The number of carbonyl (C=O) groups is 1. The Labute approximate surface area is 149 Å². The molecule has 2 N–H and O–H groups in total. The lowest BCUT2D eigenvalue weighted by Gasteiger charge is -2.27. The highest BCUT2D eigenvalue weighted by Crippen LogP contribution is 2.28. The molecule has 0 radical (unpaired) electrons. The molecule has 1 aliphatic carbocycles. The van der Waals surface area contributed by atoms with E-state index in [2.05, 4.69) is 46.1 Å². The summed E-state index contributed by atoms with van der Waals surface area (Å²) in [5, 5.41) is 12.7. The Hall–Kier alpha value is -2.30. The minimum absolute atomic E-state index is 0.171. The summed E-state index contributed by atoms with van der Waals surface area (Å²) in [6, 6.07) is 8.72. The van der Waals surface area contributed by atoms with Crippen molar-refractivity contribution < 1.29 is 9.90 Å². The first kappa shape index (κ1) is 17.5. The summed E-state index contributed by atoms with van der Waals surface area (Å²) in [6.45, 7) is 3.18. The average molecular weight is 341 g/mol. The molecule has 134 valence electrons. The highest BCUT2D eigenvalue weighted by Gasteiger charge is 2.25. The first-order chi connectivity index (χ1) is 12.2. The van der Waals surface area contributed by atoms with Crippen LogP contribution in [0.1, 0.15) is 45.4 Å². The van der Waals surface area contributed by atoms with Crippen molar-refractivity contribution in [3.8, 4) is 11.4 Å². The number of rotatable bonds is 7. The lowest BCUT2D eigenvalue weighted by molar-refractivity contribution is -0.142. The van der Waals surface area contributed by atoms with Gasteiger partial charge in [-0.05, 0) is 44.2 Å². The molecule has 0 aliphatic heterocycles. The molecule has 0 bridgehead atoms. The highest BCUT2D eigenvalue weighted by atomic mass is 16.4. The quantitative estimate of drug-likeness (QED) is 0.783. The number of aliphatic carboxylic acids is 1. The molecule has 3 rings (SSSR count). The molecular formula is C20H27N3O2. The predicted octanol–water partition coefficient (Wildman–Crippen LogP) is 4.41. The third kappa shape index (κ3) is 4.41. The van der Waals surface area contributed by atoms with Crippen LogP contribution in [0.2, 0.25) is 0 Å². The molecule has 5 heteroatoms. The van der Waals surface area contributed by atoms with Crippen LogP contribution in [0.15, 0.2) is 36.7 Å². The van der Waals surface area contributed by atoms with Crippen molar-refractivity contribution in [2.45, 2.75) is 58.0 Å². The molecule has 1 aromatic heterocycles. The second-order valence-corrected chi connectivity index (χ2v) is 6.91. The fourth-order valence-corrected chi connectivity index (χ4v) is 3.55. The van der Waals surface area contributed by atoms with E-state index in [0.29, 0.717) is 6.04 Å². The van der Waals surface area contributed by atoms with E-state index in [4.69, 9.17) is 5.11 Å². The molecule has 1 fully saturated rings. The van der Waals surface area contributed by atoms with Gasteiger partial charge in [-0.1, -0.05) is 25.5 Å². The maximum absolute atomic E-state index is 11.1. The highest BCUT2D eigenvalue weighted by molar-refractivity contribution is 5.70. The topological polar surface area (TPSA) is 67.2 Å². The number of aromatic nitrogens is 2. The van der Waals surface area contributed by atoms with Gasteiger partial charge in [-0.15, -0.1) is 0 Å². The van der Waals surface area contributed by atoms with Gasteiger partial charge in [-0.2, -0.15) is 0 Å². The van der Waals surface area contributed by atoms with Crippen molar-refractivity contribution in [2.75, 3.05) is 5.32 Å². The Morgan fingerprint density at radius 1 is 1.32 bits per heavy atom. The maximum atomic E-state index is 11.1. The number of nitrogens with zero attached hydrogens (tertiary/aromatic N) is 2. The standard InChI is InChI=1S/C20H27N3O2/c1-2-3-12-23-13-11-21-19(23)16-5-4-6-18(14-16)22-17-9-7-15(8-10-17)20(24)25/h4-6,11,13-15,17,22H,2-3,7-10,12H2,1H3,(H,24,25). The van der Waals surface area contributed by atoms with Crippen LogP contribution in [-0.2, 0) is 11.3 Å². The molecule has 0 saturated heterocycles. The van der Waals surface area contributed by atoms with Gasteiger partial charge >= 0.3 is 5.97 Å². The van der Waals surface area contributed by atoms with E-state index in [1.54, 1.807) is 0 Å². The Morgan fingerprint density at radius 3 is 2.84 bits per heavy atom. The number of unbranched alkanes of at least 4 members (excludes halogenated alkanes) is 1. The summed E-state index contributed by atoms with van der Waals surface area (Å²) in [6.07, 6.45) is 9.55. The van der Waals surface area contributed by atoms with Crippen LogP contribution < -0.4 is 5.32 Å². The van der Waals surface area contributed by atoms with Crippen molar-refractivity contribution in [3.05, 3.63) is 36.7 Å². The first-order valence-electron chi connectivity index (χ1n) is 9.28. The summed E-state index contributed by atoms with van der Waals surface area (Å²) in [7, 11) is 0. The van der Waals surface area contributed by atoms with Crippen LogP contribution in [0.3, 0.4) is 0 Å². The molecular weight excluding hydrogens is 314 g/mol. The molecule has 0 unspecified atom stereocenters. The summed E-state index contributed by atoms with van der Waals surface area (Å²) in [5.74, 6) is 0.182. The summed E-state index contributed by atoms with van der Waals surface area (Å²) >= 11 is 0. The maximum Gasteiger partial charge on any atom is 0.306 e. The second-order valence-electron chi connectivity index (χ2n) is 6.91. The van der Waals surface area contributed by atoms with Gasteiger partial charge in [0.2, 0.25) is 0 Å². The Kier molecular flexibility index (Phi) is 5.74. The molecule has 1 aromatic carbocycles. The Morgan fingerprint density at radius 2 is 2.12 bits per heavy atom. The monoisotopic (exact) mass is 341 g/mol. The third-order valence-electron chi connectivity index (χ3n) is 5.04. The smallest absolute Gasteiger partial charge is 0.306 e. The molecule has 2 aromatic rings. The summed E-state index contributed by atoms with van der Waals surface area (Å²) in [5.41, 5.74) is 2.20. The van der Waals surface area contributed by atoms with Crippen LogP contribution in [0.4, 0.5) is 5.69 Å². The number of carboxylic acids is 1. The van der Waals surface area contributed by atoms with Gasteiger partial charge in [-0.3, -0.25) is 4.79 Å². The predicted molar refractivity (Wildman–Crippen MR) is 99.6 cm³/mol. The first-order valence-corrected chi connectivity index (χ1v) is 9.28. The number of hydrogen-bond donors (Lipinski definition) is 2. The van der Waals surface area contributed by atoms with Gasteiger partial charge in [0.15, 0.2) is 0 Å². The van der Waals surface area contributed by atoms with E-state index in [1.165, 1.54) is 0 Å². The zero-order chi connectivity index (χ0) is 17.6. The third-order valence-corrected chi connectivity index (χ3v) is 5.04. The van der Waals surface area contributed by atoms with Crippen LogP contribution in [0, 0.1) is 5.92 Å². The molecule has 0 atom stereocenters. The van der Waals surface area contributed by atoms with Crippen molar-refractivity contribution in [1.82, 2.24) is 9.55 Å². The molecule has 1 aliphatic rings. The van der Waals surface area contributed by atoms with E-state index in [0.717, 1.165) is 62.1 Å². The van der Waals surface area contributed by atoms with E-state index in [1.807, 2.05) is 12.4 Å². The fourth-order valence-electron chi connectivity index (χ4n) is 3.55. The van der Waals surface area contributed by atoms with Crippen molar-refractivity contribution >= 4 is 11.7 Å². The lowest BCUT2D eigenvalue weighted by atomic mass is 9.86. The van der Waals surface area contributed by atoms with Gasteiger partial charge in [-0.25, -0.2) is 4.98 Å². The normalized spacial score (nSPS) is 20.4. The summed E-state index contributed by atoms with van der Waals surface area (Å²) < 4.78 is 2.21. The van der Waals surface area contributed by atoms with Gasteiger partial charge < -0.3 is 15.0 Å². The molecule has 5 nitrogen and oxygen atoms in total. The van der Waals surface area contributed by atoms with Gasteiger partial charge in [0.25, 0.3) is 0 Å². The lowest BCUT2D eigenvalue weighted by Crippen LogP contribution is -2.29. The van der Waals surface area contributed by atoms with E-state index in [-0.39, 0.29) is 5.92 Å². The van der Waals surface area contributed by atoms with E-state index < -0.39 is 5.97 Å². The van der Waals surface area contributed by atoms with Crippen molar-refractivity contribution in [2.24, 2.45) is 5.92 Å². The van der Waals surface area contributed by atoms with Crippen molar-refractivity contribution in [3.63, 3.8) is 0 Å². The number of aryl methyl sites for hydroxylation is 1. The molecule has 1 heterocycles. The minimum Gasteiger partial charge on any atom is -0.481 e. The van der Waals surface area contributed by atoms with Crippen LogP contribution in [0.25, 0.3) is 11.4 Å². The number of imidazole rings is 1. The molecule has 25 heavy (non-hydrogen) atoms. The minimum atomic E-state index is -0.653. The molecule has 0 amide bonds. The van der Waals surface area contributed by atoms with Crippen molar-refractivity contribution in [1.29, 1.82) is 0 Å². The number of nitrogens with one attached hydrogen (secondary N) is 1. The summed E-state index contributed by atoms with van der Waals surface area (Å²) in [4.78, 5) is 15.6. The van der Waals surface area contributed by atoms with Gasteiger partial charge in [0.05, 0.1) is 5.92 Å². The fraction of sp³-hybridized carbons (Fsp3) is 0.500.